The molecule has 0 aliphatic carbocycles. The molecule has 0 atom stereocenters. The maximum Gasteiger partial charge on any atom is 0.319 e. The van der Waals surface area contributed by atoms with E-state index in [2.05, 4.69) is 4.74 Å². The highest BCUT2D eigenvalue weighted by molar-refractivity contribution is 8.00. The first-order valence-corrected chi connectivity index (χ1v) is 6.86. The Kier molecular flexibility index (Phi) is 5.42. The number of aliphatic carboxylic acids is 1. The molecule has 0 unspecified atom stereocenters. The zero-order valence-electron chi connectivity index (χ0n) is 11.3. The third-order valence-corrected chi connectivity index (χ3v) is 4.14. The van der Waals surface area contributed by atoms with E-state index in [1.54, 1.807) is 13.8 Å². The first-order valence-electron chi connectivity index (χ1n) is 5.88. The molecule has 1 N–H and O–H groups in total. The molecule has 1 rings (SSSR count). The normalized spacial score (nSPS) is 11.1. The summed E-state index contributed by atoms with van der Waals surface area (Å²) in [7, 11) is 1.35. The minimum atomic E-state index is -0.849. The van der Waals surface area contributed by atoms with Gasteiger partial charge >= 0.3 is 11.9 Å². The lowest BCUT2D eigenvalue weighted by molar-refractivity contribution is -0.140. The van der Waals surface area contributed by atoms with E-state index in [1.165, 1.54) is 18.9 Å². The van der Waals surface area contributed by atoms with E-state index >= 15 is 0 Å². The molecular formula is C14H18O4S. The molecule has 0 saturated heterocycles. The summed E-state index contributed by atoms with van der Waals surface area (Å²) in [6.07, 6.45) is 0.209. The van der Waals surface area contributed by atoms with E-state index < -0.39 is 10.7 Å². The van der Waals surface area contributed by atoms with Gasteiger partial charge in [-0.05, 0) is 25.0 Å². The predicted octanol–water partition coefficient (Wildman–Crippen LogP) is 2.50. The number of ether oxygens (including phenoxy) is 1. The molecular weight excluding hydrogens is 264 g/mol. The number of benzene rings is 1. The van der Waals surface area contributed by atoms with Gasteiger partial charge in [-0.1, -0.05) is 24.3 Å². The average molecular weight is 282 g/mol. The van der Waals surface area contributed by atoms with E-state index in [0.717, 1.165) is 11.1 Å². The highest BCUT2D eigenvalue weighted by Gasteiger charge is 2.27. The Hall–Kier alpha value is -1.49. The van der Waals surface area contributed by atoms with Crippen LogP contribution in [0.5, 0.6) is 0 Å². The quantitative estimate of drug-likeness (QED) is 0.812. The molecule has 4 nitrogen and oxygen atoms in total. The van der Waals surface area contributed by atoms with Gasteiger partial charge in [0, 0.05) is 5.75 Å². The SMILES string of the molecule is COC(=O)Cc1ccccc1CSC(C)(C)C(=O)O. The summed E-state index contributed by atoms with van der Waals surface area (Å²) in [5.41, 5.74) is 1.84. The van der Waals surface area contributed by atoms with Crippen LogP contribution in [0.1, 0.15) is 25.0 Å². The largest absolute Gasteiger partial charge is 0.480 e. The Morgan fingerprint density at radius 3 is 2.37 bits per heavy atom. The van der Waals surface area contributed by atoms with E-state index in [4.69, 9.17) is 5.11 Å². The van der Waals surface area contributed by atoms with Crippen LogP contribution in [0.3, 0.4) is 0 Å². The van der Waals surface area contributed by atoms with E-state index in [0.29, 0.717) is 5.75 Å². The maximum absolute atomic E-state index is 11.3. The second-order valence-electron chi connectivity index (χ2n) is 4.63. The van der Waals surface area contributed by atoms with Crippen molar-refractivity contribution < 1.29 is 19.4 Å². The number of carboxylic acid groups (broad SMARTS) is 1. The van der Waals surface area contributed by atoms with Crippen molar-refractivity contribution in [1.29, 1.82) is 0 Å². The molecule has 1 aromatic carbocycles. The number of esters is 1. The Morgan fingerprint density at radius 2 is 1.84 bits per heavy atom. The standard InChI is InChI=1S/C14H18O4S/c1-14(2,13(16)17)19-9-11-7-5-4-6-10(11)8-12(15)18-3/h4-7H,8-9H2,1-3H3,(H,16,17). The second kappa shape index (κ2) is 6.61. The molecule has 0 spiro atoms. The summed E-state index contributed by atoms with van der Waals surface area (Å²) in [5.74, 6) is -0.593. The van der Waals surface area contributed by atoms with Gasteiger partial charge in [0.15, 0.2) is 0 Å². The fourth-order valence-corrected chi connectivity index (χ4v) is 2.34. The molecule has 104 valence electrons. The minimum absolute atomic E-state index is 0.209. The summed E-state index contributed by atoms with van der Waals surface area (Å²) >= 11 is 1.34. The number of carboxylic acids is 1. The summed E-state index contributed by atoms with van der Waals surface area (Å²) in [5, 5.41) is 9.08. The van der Waals surface area contributed by atoms with Crippen LogP contribution in [0.4, 0.5) is 0 Å². The van der Waals surface area contributed by atoms with Crippen LogP contribution in [0, 0.1) is 0 Å². The van der Waals surface area contributed by atoms with Crippen molar-refractivity contribution in [3.8, 4) is 0 Å². The summed E-state index contributed by atoms with van der Waals surface area (Å²) in [6.45, 7) is 3.34. The second-order valence-corrected chi connectivity index (χ2v) is 6.22. The van der Waals surface area contributed by atoms with Crippen LogP contribution in [-0.2, 0) is 26.5 Å². The minimum Gasteiger partial charge on any atom is -0.480 e. The fraction of sp³-hybridized carbons (Fsp3) is 0.429. The third kappa shape index (κ3) is 4.59. The van der Waals surface area contributed by atoms with Gasteiger partial charge in [-0.2, -0.15) is 0 Å². The van der Waals surface area contributed by atoms with Crippen LogP contribution in [0.25, 0.3) is 0 Å². The van der Waals surface area contributed by atoms with Gasteiger partial charge in [0.25, 0.3) is 0 Å². The van der Waals surface area contributed by atoms with Crippen molar-refractivity contribution in [2.24, 2.45) is 0 Å². The van der Waals surface area contributed by atoms with Crippen molar-refractivity contribution >= 4 is 23.7 Å². The van der Waals surface area contributed by atoms with Crippen molar-refractivity contribution in [3.63, 3.8) is 0 Å². The first kappa shape index (κ1) is 15.6. The van der Waals surface area contributed by atoms with Crippen molar-refractivity contribution in [3.05, 3.63) is 35.4 Å². The topological polar surface area (TPSA) is 63.6 Å². The lowest BCUT2D eigenvalue weighted by Crippen LogP contribution is -2.27. The zero-order valence-corrected chi connectivity index (χ0v) is 12.1. The van der Waals surface area contributed by atoms with Gasteiger partial charge in [0.2, 0.25) is 0 Å². The molecule has 0 bridgehead atoms. The lowest BCUT2D eigenvalue weighted by Gasteiger charge is -2.19. The van der Waals surface area contributed by atoms with E-state index in [1.807, 2.05) is 24.3 Å². The average Bonchev–Trinajstić information content (AvgIpc) is 2.37. The summed E-state index contributed by atoms with van der Waals surface area (Å²) < 4.78 is 3.80. The number of carbonyl (C=O) groups excluding carboxylic acids is 1. The van der Waals surface area contributed by atoms with Gasteiger partial charge < -0.3 is 9.84 Å². The molecule has 1 aromatic rings. The Balaban J connectivity index is 2.78. The Bertz CT molecular complexity index is 468. The van der Waals surface area contributed by atoms with Crippen molar-refractivity contribution in [1.82, 2.24) is 0 Å². The number of methoxy groups -OCH3 is 1. The molecule has 19 heavy (non-hydrogen) atoms. The first-order chi connectivity index (χ1) is 8.86. The fourth-order valence-electron chi connectivity index (χ4n) is 1.42. The van der Waals surface area contributed by atoms with Crippen LogP contribution in [0.15, 0.2) is 24.3 Å². The van der Waals surface area contributed by atoms with Gasteiger partial charge in [-0.25, -0.2) is 0 Å². The number of hydrogen-bond acceptors (Lipinski definition) is 4. The number of hydrogen-bond donors (Lipinski definition) is 1. The molecule has 0 fully saturated rings. The van der Waals surface area contributed by atoms with Gasteiger partial charge in [0.05, 0.1) is 13.5 Å². The van der Waals surface area contributed by atoms with Gasteiger partial charge in [-0.15, -0.1) is 11.8 Å². The highest BCUT2D eigenvalue weighted by Crippen LogP contribution is 2.29. The monoisotopic (exact) mass is 282 g/mol. The lowest BCUT2D eigenvalue weighted by atomic mass is 10.1. The van der Waals surface area contributed by atoms with Gasteiger partial charge in [-0.3, -0.25) is 9.59 Å². The third-order valence-electron chi connectivity index (χ3n) is 2.78. The molecule has 0 aromatic heterocycles. The molecule has 0 aliphatic heterocycles. The van der Waals surface area contributed by atoms with Crippen LogP contribution >= 0.6 is 11.8 Å². The van der Waals surface area contributed by atoms with E-state index in [9.17, 15) is 9.59 Å². The smallest absolute Gasteiger partial charge is 0.319 e. The zero-order chi connectivity index (χ0) is 14.5. The maximum atomic E-state index is 11.3. The Morgan fingerprint density at radius 1 is 1.26 bits per heavy atom. The summed E-state index contributed by atoms with van der Waals surface area (Å²) in [6, 6.07) is 7.50. The van der Waals surface area contributed by atoms with Crippen LogP contribution < -0.4 is 0 Å². The molecule has 0 aliphatic rings. The van der Waals surface area contributed by atoms with Crippen molar-refractivity contribution in [2.45, 2.75) is 30.8 Å². The highest BCUT2D eigenvalue weighted by atomic mass is 32.2. The number of rotatable bonds is 6. The predicted molar refractivity (Wildman–Crippen MR) is 75.2 cm³/mol. The number of thioether (sulfide) groups is 1. The van der Waals surface area contributed by atoms with Crippen LogP contribution in [-0.4, -0.2) is 28.9 Å². The van der Waals surface area contributed by atoms with Crippen molar-refractivity contribution in [2.75, 3.05) is 7.11 Å². The van der Waals surface area contributed by atoms with Crippen LogP contribution in [0.2, 0.25) is 0 Å². The molecule has 0 heterocycles. The Labute approximate surface area is 117 Å². The molecule has 5 heteroatoms. The number of carbonyl (C=O) groups is 2. The molecule has 0 amide bonds. The summed E-state index contributed by atoms with van der Waals surface area (Å²) in [4.78, 5) is 22.4. The molecule has 0 saturated carbocycles. The van der Waals surface area contributed by atoms with E-state index in [-0.39, 0.29) is 12.4 Å². The molecule has 0 radical (unpaired) electrons. The van der Waals surface area contributed by atoms with Gasteiger partial charge in [0.1, 0.15) is 4.75 Å².